The van der Waals surface area contributed by atoms with E-state index in [2.05, 4.69) is 0 Å². The van der Waals surface area contributed by atoms with Gasteiger partial charge in [-0.3, -0.25) is 14.5 Å². The van der Waals surface area contributed by atoms with E-state index >= 15 is 0 Å². The number of benzene rings is 1. The summed E-state index contributed by atoms with van der Waals surface area (Å²) < 4.78 is 10.6. The molecular formula is C18H21NO4. The Kier molecular flexibility index (Phi) is 4.11. The summed E-state index contributed by atoms with van der Waals surface area (Å²) in [5, 5.41) is 0. The first kappa shape index (κ1) is 15.6. The van der Waals surface area contributed by atoms with E-state index in [1.807, 2.05) is 31.2 Å². The highest BCUT2D eigenvalue weighted by Gasteiger charge is 2.47. The Labute approximate surface area is 135 Å². The van der Waals surface area contributed by atoms with E-state index in [1.54, 1.807) is 14.2 Å². The first-order chi connectivity index (χ1) is 11.1. The predicted octanol–water partition coefficient (Wildman–Crippen LogP) is 2.46. The molecule has 0 unspecified atom stereocenters. The molecule has 2 aliphatic rings. The van der Waals surface area contributed by atoms with Crippen LogP contribution in [-0.2, 0) is 16.1 Å². The van der Waals surface area contributed by atoms with Gasteiger partial charge in [0.1, 0.15) is 0 Å². The van der Waals surface area contributed by atoms with Crippen LogP contribution in [0.3, 0.4) is 0 Å². The third kappa shape index (κ3) is 2.60. The van der Waals surface area contributed by atoms with Crippen LogP contribution in [0.2, 0.25) is 0 Å². The second-order valence-corrected chi connectivity index (χ2v) is 6.05. The smallest absolute Gasteiger partial charge is 0.233 e. The maximum absolute atomic E-state index is 12.6. The first-order valence-corrected chi connectivity index (χ1v) is 7.78. The maximum Gasteiger partial charge on any atom is 0.233 e. The lowest BCUT2D eigenvalue weighted by Crippen LogP contribution is -2.30. The topological polar surface area (TPSA) is 55.8 Å². The molecule has 1 fully saturated rings. The van der Waals surface area contributed by atoms with Gasteiger partial charge in [0.2, 0.25) is 11.8 Å². The minimum atomic E-state index is -0.187. The van der Waals surface area contributed by atoms with Crippen LogP contribution in [0.4, 0.5) is 0 Å². The van der Waals surface area contributed by atoms with Crippen molar-refractivity contribution in [3.8, 4) is 11.5 Å². The summed E-state index contributed by atoms with van der Waals surface area (Å²) >= 11 is 0. The molecule has 1 aromatic carbocycles. The molecule has 1 heterocycles. The van der Waals surface area contributed by atoms with Crippen molar-refractivity contribution in [3.05, 3.63) is 35.4 Å². The third-order valence-electron chi connectivity index (χ3n) is 4.77. The number of amides is 2. The van der Waals surface area contributed by atoms with Gasteiger partial charge < -0.3 is 9.47 Å². The summed E-state index contributed by atoms with van der Waals surface area (Å²) in [6, 6.07) is 3.71. The molecule has 1 aliphatic carbocycles. The molecule has 2 atom stereocenters. The van der Waals surface area contributed by atoms with E-state index in [0.29, 0.717) is 24.3 Å². The van der Waals surface area contributed by atoms with Crippen LogP contribution in [-0.4, -0.2) is 30.9 Å². The fourth-order valence-electron chi connectivity index (χ4n) is 3.39. The van der Waals surface area contributed by atoms with Crippen molar-refractivity contribution in [1.29, 1.82) is 0 Å². The molecule has 5 nitrogen and oxygen atoms in total. The highest BCUT2D eigenvalue weighted by atomic mass is 16.5. The molecule has 0 aromatic heterocycles. The monoisotopic (exact) mass is 315 g/mol. The SMILES string of the molecule is COc1cc(C)c(CN2C(=O)[C@H]3CC=CC[C@@H]3C2=O)cc1OC. The molecule has 1 aliphatic heterocycles. The van der Waals surface area contributed by atoms with Crippen molar-refractivity contribution in [1.82, 2.24) is 4.90 Å². The summed E-state index contributed by atoms with van der Waals surface area (Å²) in [5.74, 6) is 0.759. The van der Waals surface area contributed by atoms with Gasteiger partial charge in [0.25, 0.3) is 0 Å². The van der Waals surface area contributed by atoms with Crippen LogP contribution in [0, 0.1) is 18.8 Å². The van der Waals surface area contributed by atoms with Crippen LogP contribution in [0.5, 0.6) is 11.5 Å². The van der Waals surface area contributed by atoms with Gasteiger partial charge in [-0.1, -0.05) is 12.2 Å². The van der Waals surface area contributed by atoms with E-state index in [1.165, 1.54) is 4.90 Å². The Balaban J connectivity index is 1.87. The van der Waals surface area contributed by atoms with Gasteiger partial charge in [-0.15, -0.1) is 0 Å². The number of aryl methyl sites for hydroxylation is 1. The Bertz CT molecular complexity index is 654. The number of nitrogens with zero attached hydrogens (tertiary/aromatic N) is 1. The zero-order valence-electron chi connectivity index (χ0n) is 13.7. The Morgan fingerprint density at radius 2 is 1.52 bits per heavy atom. The first-order valence-electron chi connectivity index (χ1n) is 7.78. The molecular weight excluding hydrogens is 294 g/mol. The second-order valence-electron chi connectivity index (χ2n) is 6.05. The third-order valence-corrected chi connectivity index (χ3v) is 4.77. The summed E-state index contributed by atoms with van der Waals surface area (Å²) in [7, 11) is 3.16. The molecule has 0 N–H and O–H groups in total. The van der Waals surface area contributed by atoms with E-state index in [4.69, 9.17) is 9.47 Å². The molecule has 0 radical (unpaired) electrons. The van der Waals surface area contributed by atoms with E-state index < -0.39 is 0 Å². The van der Waals surface area contributed by atoms with Gasteiger partial charge in [0, 0.05) is 0 Å². The van der Waals surface area contributed by atoms with E-state index in [9.17, 15) is 9.59 Å². The molecule has 5 heteroatoms. The summed E-state index contributed by atoms with van der Waals surface area (Å²) in [6.07, 6.45) is 5.32. The zero-order chi connectivity index (χ0) is 16.6. The number of hydrogen-bond acceptors (Lipinski definition) is 4. The molecule has 3 rings (SSSR count). The van der Waals surface area contributed by atoms with Crippen LogP contribution in [0.25, 0.3) is 0 Å². The van der Waals surface area contributed by atoms with Crippen molar-refractivity contribution in [2.45, 2.75) is 26.3 Å². The minimum Gasteiger partial charge on any atom is -0.493 e. The second kappa shape index (κ2) is 6.07. The number of allylic oxidation sites excluding steroid dienone is 2. The summed E-state index contributed by atoms with van der Waals surface area (Å²) in [6.45, 7) is 2.23. The van der Waals surface area contributed by atoms with Crippen molar-refractivity contribution < 1.29 is 19.1 Å². The molecule has 23 heavy (non-hydrogen) atoms. The molecule has 1 aromatic rings. The lowest BCUT2D eigenvalue weighted by atomic mass is 9.85. The molecule has 122 valence electrons. The van der Waals surface area contributed by atoms with Crippen molar-refractivity contribution in [2.24, 2.45) is 11.8 Å². The number of imide groups is 1. The zero-order valence-corrected chi connectivity index (χ0v) is 13.7. The highest BCUT2D eigenvalue weighted by Crippen LogP contribution is 2.37. The fraction of sp³-hybridized carbons (Fsp3) is 0.444. The lowest BCUT2D eigenvalue weighted by Gasteiger charge is -2.18. The number of rotatable bonds is 4. The molecule has 1 saturated heterocycles. The number of ether oxygens (including phenoxy) is 2. The van der Waals surface area contributed by atoms with Crippen molar-refractivity contribution >= 4 is 11.8 Å². The van der Waals surface area contributed by atoms with Gasteiger partial charge in [-0.2, -0.15) is 0 Å². The number of carbonyl (C=O) groups is 2. The normalized spacial score (nSPS) is 23.2. The standard InChI is InChI=1S/C18H21NO4/c1-11-8-15(22-2)16(23-3)9-12(11)10-19-17(20)13-6-4-5-7-14(13)18(19)21/h4-5,8-9,13-14H,6-7,10H2,1-3H3/t13-,14-/m0/s1. The van der Waals surface area contributed by atoms with Gasteiger partial charge in [-0.25, -0.2) is 0 Å². The van der Waals surface area contributed by atoms with Crippen LogP contribution in [0.1, 0.15) is 24.0 Å². The van der Waals surface area contributed by atoms with Gasteiger partial charge >= 0.3 is 0 Å². The number of hydrogen-bond donors (Lipinski definition) is 0. The van der Waals surface area contributed by atoms with E-state index in [0.717, 1.165) is 11.1 Å². The Morgan fingerprint density at radius 3 is 2.04 bits per heavy atom. The average Bonchev–Trinajstić information content (AvgIpc) is 2.81. The number of fused-ring (bicyclic) bond motifs is 1. The van der Waals surface area contributed by atoms with Gasteiger partial charge in [0.15, 0.2) is 11.5 Å². The summed E-state index contributed by atoms with van der Waals surface area (Å²) in [4.78, 5) is 26.5. The average molecular weight is 315 g/mol. The fourth-order valence-corrected chi connectivity index (χ4v) is 3.39. The highest BCUT2D eigenvalue weighted by molar-refractivity contribution is 6.05. The van der Waals surface area contributed by atoms with Crippen LogP contribution < -0.4 is 9.47 Å². The maximum atomic E-state index is 12.6. The van der Waals surface area contributed by atoms with Crippen LogP contribution >= 0.6 is 0 Å². The lowest BCUT2D eigenvalue weighted by molar-refractivity contribution is -0.140. The summed E-state index contributed by atoms with van der Waals surface area (Å²) in [5.41, 5.74) is 1.87. The molecule has 2 amide bonds. The van der Waals surface area contributed by atoms with Crippen LogP contribution in [0.15, 0.2) is 24.3 Å². The van der Waals surface area contributed by atoms with Gasteiger partial charge in [-0.05, 0) is 43.0 Å². The van der Waals surface area contributed by atoms with Gasteiger partial charge in [0.05, 0.1) is 32.6 Å². The number of likely N-dealkylation sites (tertiary alicyclic amines) is 1. The number of carbonyl (C=O) groups excluding carboxylic acids is 2. The largest absolute Gasteiger partial charge is 0.493 e. The van der Waals surface area contributed by atoms with Crippen molar-refractivity contribution in [2.75, 3.05) is 14.2 Å². The van der Waals surface area contributed by atoms with Crippen molar-refractivity contribution in [3.63, 3.8) is 0 Å². The number of methoxy groups -OCH3 is 2. The molecule has 0 spiro atoms. The predicted molar refractivity (Wildman–Crippen MR) is 85.2 cm³/mol. The quantitative estimate of drug-likeness (QED) is 0.633. The van der Waals surface area contributed by atoms with E-state index in [-0.39, 0.29) is 30.2 Å². The molecule has 0 bridgehead atoms. The Hall–Kier alpha value is -2.30. The minimum absolute atomic E-state index is 0.0569. The molecule has 0 saturated carbocycles. The Morgan fingerprint density at radius 1 is 1.00 bits per heavy atom.